The lowest BCUT2D eigenvalue weighted by Gasteiger charge is -2.23. The average Bonchev–Trinajstić information content (AvgIpc) is 2.37. The number of benzene rings is 1. The van der Waals surface area contributed by atoms with Crippen LogP contribution in [0.2, 0.25) is 0 Å². The molecule has 0 unspecified atom stereocenters. The van der Waals surface area contributed by atoms with E-state index in [1.165, 1.54) is 0 Å². The van der Waals surface area contributed by atoms with Crippen LogP contribution in [0.15, 0.2) is 24.3 Å². The summed E-state index contributed by atoms with van der Waals surface area (Å²) < 4.78 is 0. The first-order valence-electron chi connectivity index (χ1n) is 7.01. The predicted molar refractivity (Wildman–Crippen MR) is 80.6 cm³/mol. The van der Waals surface area contributed by atoms with E-state index in [-0.39, 0.29) is 11.8 Å². The van der Waals surface area contributed by atoms with Gasteiger partial charge >= 0.3 is 0 Å². The van der Waals surface area contributed by atoms with Crippen molar-refractivity contribution in [1.29, 1.82) is 0 Å². The zero-order valence-electron chi connectivity index (χ0n) is 12.8. The van der Waals surface area contributed by atoms with E-state index in [1.807, 2.05) is 31.2 Å². The molecule has 0 aliphatic rings. The first-order valence-corrected chi connectivity index (χ1v) is 7.01. The highest BCUT2D eigenvalue weighted by atomic mass is 16.2. The molecule has 4 heteroatoms. The molecule has 0 spiro atoms. The van der Waals surface area contributed by atoms with Gasteiger partial charge in [-0.1, -0.05) is 32.0 Å². The van der Waals surface area contributed by atoms with Crippen molar-refractivity contribution >= 4 is 11.8 Å². The summed E-state index contributed by atoms with van der Waals surface area (Å²) >= 11 is 0. The van der Waals surface area contributed by atoms with Crippen LogP contribution in [-0.2, 0) is 4.79 Å². The second kappa shape index (κ2) is 7.68. The van der Waals surface area contributed by atoms with Crippen molar-refractivity contribution in [3.8, 4) is 0 Å². The maximum Gasteiger partial charge on any atom is 0.251 e. The van der Waals surface area contributed by atoms with Crippen molar-refractivity contribution in [2.24, 2.45) is 5.92 Å². The van der Waals surface area contributed by atoms with Crippen LogP contribution in [0.25, 0.3) is 0 Å². The molecule has 1 aromatic carbocycles. The number of carbonyl (C=O) groups excluding carboxylic acids is 2. The van der Waals surface area contributed by atoms with Crippen LogP contribution >= 0.6 is 0 Å². The van der Waals surface area contributed by atoms with Crippen molar-refractivity contribution in [3.63, 3.8) is 0 Å². The zero-order chi connectivity index (χ0) is 15.1. The Labute approximate surface area is 121 Å². The van der Waals surface area contributed by atoms with E-state index in [0.717, 1.165) is 12.1 Å². The van der Waals surface area contributed by atoms with Gasteiger partial charge in [0, 0.05) is 32.1 Å². The maximum absolute atomic E-state index is 12.0. The predicted octanol–water partition coefficient (Wildman–Crippen LogP) is 2.23. The largest absolute Gasteiger partial charge is 0.350 e. The van der Waals surface area contributed by atoms with Gasteiger partial charge in [0.05, 0.1) is 0 Å². The SMILES string of the molecule is CC(=O)N(CCNC(=O)c1ccccc1C)CC(C)C. The molecule has 0 aromatic heterocycles. The summed E-state index contributed by atoms with van der Waals surface area (Å²) in [5.41, 5.74) is 1.64. The van der Waals surface area contributed by atoms with Crippen molar-refractivity contribution in [3.05, 3.63) is 35.4 Å². The Bertz CT molecular complexity index is 469. The fraction of sp³-hybridized carbons (Fsp3) is 0.500. The molecular weight excluding hydrogens is 252 g/mol. The number of hydrogen-bond acceptors (Lipinski definition) is 2. The summed E-state index contributed by atoms with van der Waals surface area (Å²) in [6.45, 7) is 9.35. The number of carbonyl (C=O) groups is 2. The highest BCUT2D eigenvalue weighted by Gasteiger charge is 2.12. The second-order valence-corrected chi connectivity index (χ2v) is 5.43. The number of nitrogens with zero attached hydrogens (tertiary/aromatic N) is 1. The third-order valence-corrected chi connectivity index (χ3v) is 3.09. The molecule has 110 valence electrons. The van der Waals surface area contributed by atoms with Gasteiger partial charge < -0.3 is 10.2 Å². The number of hydrogen-bond donors (Lipinski definition) is 1. The molecule has 0 atom stereocenters. The number of aryl methyl sites for hydroxylation is 1. The molecule has 2 amide bonds. The molecule has 1 rings (SSSR count). The monoisotopic (exact) mass is 276 g/mol. The summed E-state index contributed by atoms with van der Waals surface area (Å²) in [5.74, 6) is 0.381. The average molecular weight is 276 g/mol. The van der Waals surface area contributed by atoms with Crippen LogP contribution in [-0.4, -0.2) is 36.3 Å². The van der Waals surface area contributed by atoms with Crippen molar-refractivity contribution in [1.82, 2.24) is 10.2 Å². The van der Waals surface area contributed by atoms with Gasteiger partial charge in [0.15, 0.2) is 0 Å². The van der Waals surface area contributed by atoms with Gasteiger partial charge in [-0.3, -0.25) is 9.59 Å². The first kappa shape index (κ1) is 16.2. The zero-order valence-corrected chi connectivity index (χ0v) is 12.8. The Morgan fingerprint density at radius 3 is 2.45 bits per heavy atom. The van der Waals surface area contributed by atoms with Crippen molar-refractivity contribution < 1.29 is 9.59 Å². The Kier molecular flexibility index (Phi) is 6.22. The summed E-state index contributed by atoms with van der Waals surface area (Å²) in [7, 11) is 0. The van der Waals surface area contributed by atoms with Crippen LogP contribution in [0.1, 0.15) is 36.7 Å². The lowest BCUT2D eigenvalue weighted by atomic mass is 10.1. The molecular formula is C16H24N2O2. The smallest absolute Gasteiger partial charge is 0.251 e. The molecule has 4 nitrogen and oxygen atoms in total. The van der Waals surface area contributed by atoms with Crippen molar-refractivity contribution in [2.45, 2.75) is 27.7 Å². The molecule has 1 N–H and O–H groups in total. The molecule has 0 saturated carbocycles. The molecule has 0 radical (unpaired) electrons. The van der Waals surface area contributed by atoms with Crippen LogP contribution in [0.5, 0.6) is 0 Å². The topological polar surface area (TPSA) is 49.4 Å². The lowest BCUT2D eigenvalue weighted by Crippen LogP contribution is -2.39. The van der Waals surface area contributed by atoms with Crippen LogP contribution in [0.3, 0.4) is 0 Å². The third kappa shape index (κ3) is 5.03. The van der Waals surface area contributed by atoms with E-state index in [2.05, 4.69) is 19.2 Å². The molecule has 0 aliphatic carbocycles. The third-order valence-electron chi connectivity index (χ3n) is 3.09. The van der Waals surface area contributed by atoms with Gasteiger partial charge in [-0.25, -0.2) is 0 Å². The first-order chi connectivity index (χ1) is 9.41. The Morgan fingerprint density at radius 2 is 1.90 bits per heavy atom. The van der Waals surface area contributed by atoms with E-state index in [4.69, 9.17) is 0 Å². The molecule has 0 saturated heterocycles. The number of rotatable bonds is 6. The fourth-order valence-electron chi connectivity index (χ4n) is 2.05. The van der Waals surface area contributed by atoms with Crippen LogP contribution in [0.4, 0.5) is 0 Å². The van der Waals surface area contributed by atoms with E-state index in [1.54, 1.807) is 11.8 Å². The number of nitrogens with one attached hydrogen (secondary N) is 1. The Morgan fingerprint density at radius 1 is 1.25 bits per heavy atom. The van der Waals surface area contributed by atoms with E-state index in [0.29, 0.717) is 24.6 Å². The van der Waals surface area contributed by atoms with E-state index >= 15 is 0 Å². The minimum absolute atomic E-state index is 0.0452. The summed E-state index contributed by atoms with van der Waals surface area (Å²) in [4.78, 5) is 25.3. The van der Waals surface area contributed by atoms with Gasteiger partial charge in [-0.05, 0) is 24.5 Å². The van der Waals surface area contributed by atoms with E-state index in [9.17, 15) is 9.59 Å². The quantitative estimate of drug-likeness (QED) is 0.866. The van der Waals surface area contributed by atoms with E-state index < -0.39 is 0 Å². The molecule has 0 heterocycles. The highest BCUT2D eigenvalue weighted by molar-refractivity contribution is 5.95. The summed E-state index contributed by atoms with van der Waals surface area (Å²) in [6, 6.07) is 7.48. The van der Waals surface area contributed by atoms with Gasteiger partial charge in [0.2, 0.25) is 5.91 Å². The minimum atomic E-state index is -0.0869. The molecule has 0 bridgehead atoms. The summed E-state index contributed by atoms with van der Waals surface area (Å²) in [5, 5.41) is 2.87. The highest BCUT2D eigenvalue weighted by Crippen LogP contribution is 2.06. The molecule has 0 aliphatic heterocycles. The maximum atomic E-state index is 12.0. The van der Waals surface area contributed by atoms with Gasteiger partial charge in [-0.15, -0.1) is 0 Å². The van der Waals surface area contributed by atoms with Crippen LogP contribution < -0.4 is 5.32 Å². The standard InChI is InChI=1S/C16H24N2O2/c1-12(2)11-18(14(4)19)10-9-17-16(20)15-8-6-5-7-13(15)3/h5-8,12H,9-11H2,1-4H3,(H,17,20). The fourth-order valence-corrected chi connectivity index (χ4v) is 2.05. The minimum Gasteiger partial charge on any atom is -0.350 e. The molecule has 0 fully saturated rings. The summed E-state index contributed by atoms with van der Waals surface area (Å²) in [6.07, 6.45) is 0. The Hall–Kier alpha value is -1.84. The molecule has 20 heavy (non-hydrogen) atoms. The lowest BCUT2D eigenvalue weighted by molar-refractivity contribution is -0.129. The van der Waals surface area contributed by atoms with Gasteiger partial charge in [-0.2, -0.15) is 0 Å². The normalized spacial score (nSPS) is 10.4. The van der Waals surface area contributed by atoms with Gasteiger partial charge in [0.1, 0.15) is 0 Å². The van der Waals surface area contributed by atoms with Crippen molar-refractivity contribution in [2.75, 3.05) is 19.6 Å². The molecule has 1 aromatic rings. The second-order valence-electron chi connectivity index (χ2n) is 5.43. The number of amides is 2. The van der Waals surface area contributed by atoms with Crippen LogP contribution in [0, 0.1) is 12.8 Å². The Balaban J connectivity index is 2.49. The van der Waals surface area contributed by atoms with Gasteiger partial charge in [0.25, 0.3) is 5.91 Å².